The maximum Gasteiger partial charge on any atom is 0.155 e. The van der Waals surface area contributed by atoms with Gasteiger partial charge >= 0.3 is 0 Å². The number of nitrogens with zero attached hydrogens (tertiary/aromatic N) is 2. The van der Waals surface area contributed by atoms with Gasteiger partial charge in [0, 0.05) is 54.8 Å². The number of para-hydroxylation sites is 1. The van der Waals surface area contributed by atoms with Crippen molar-refractivity contribution in [1.82, 2.24) is 9.80 Å². The summed E-state index contributed by atoms with van der Waals surface area (Å²) in [5.41, 5.74) is 3.95. The fourth-order valence-electron chi connectivity index (χ4n) is 6.03. The Hall–Kier alpha value is -1.69. The molecule has 5 heteroatoms. The molecule has 2 aromatic carbocycles. The molecule has 3 aliphatic rings. The molecule has 1 saturated carbocycles. The number of benzene rings is 2. The van der Waals surface area contributed by atoms with E-state index in [1.165, 1.54) is 40.5 Å². The molecule has 2 aromatic rings. The average Bonchev–Trinajstić information content (AvgIpc) is 2.87. The minimum absolute atomic E-state index is 0.00734. The van der Waals surface area contributed by atoms with Crippen LogP contribution in [-0.2, 0) is 17.8 Å². The molecule has 0 bridgehead atoms. The van der Waals surface area contributed by atoms with E-state index in [0.29, 0.717) is 5.78 Å². The van der Waals surface area contributed by atoms with Crippen LogP contribution in [0.2, 0.25) is 0 Å². The van der Waals surface area contributed by atoms with E-state index >= 15 is 0 Å². The Balaban J connectivity index is 1.30. The first-order valence-corrected chi connectivity index (χ1v) is 13.6. The molecule has 176 valence electrons. The number of carbonyl (C=O) groups excluding carboxylic acids is 1. The first kappa shape index (κ1) is 23.1. The lowest BCUT2D eigenvalue weighted by molar-refractivity contribution is -0.130. The number of carbonyl (C=O) groups is 1. The first-order chi connectivity index (χ1) is 16.2. The molecule has 5 rings (SSSR count). The van der Waals surface area contributed by atoms with Crippen LogP contribution in [0, 0.1) is 5.92 Å². The Morgan fingerprint density at radius 1 is 0.939 bits per heavy atom. The molecule has 2 fully saturated rings. The zero-order chi connectivity index (χ0) is 22.6. The van der Waals surface area contributed by atoms with Gasteiger partial charge in [-0.15, -0.1) is 0 Å². The van der Waals surface area contributed by atoms with Gasteiger partial charge < -0.3 is 5.32 Å². The number of anilines is 1. The van der Waals surface area contributed by atoms with Crippen molar-refractivity contribution in [3.63, 3.8) is 0 Å². The summed E-state index contributed by atoms with van der Waals surface area (Å²) in [6.07, 6.45) is 7.98. The highest BCUT2D eigenvalue weighted by Crippen LogP contribution is 2.32. The molecule has 2 heterocycles. The summed E-state index contributed by atoms with van der Waals surface area (Å²) in [5.74, 6) is 0.756. The van der Waals surface area contributed by atoms with E-state index in [1.54, 1.807) is 0 Å². The molecule has 0 aromatic heterocycles. The SMILES string of the molecule is O=C(C1CCCCC1)C(C1CCc2ccccc2N1)N1CCN(Cc2ccccc2Br)CC1. The standard InChI is InChI=1S/C28H36BrN3O/c29-24-12-6-4-11-23(24)20-31-16-18-32(19-17-31)27(28(33)22-9-2-1-3-10-22)26-15-14-21-8-5-7-13-25(21)30-26/h4-8,11-13,22,26-27,30H,1-3,9-10,14-20H2. The summed E-state index contributed by atoms with van der Waals surface area (Å²) in [6, 6.07) is 17.3. The summed E-state index contributed by atoms with van der Waals surface area (Å²) in [4.78, 5) is 19.0. The number of halogens is 1. The molecule has 2 unspecified atom stereocenters. The van der Waals surface area contributed by atoms with Crippen molar-refractivity contribution < 1.29 is 4.79 Å². The highest BCUT2D eigenvalue weighted by atomic mass is 79.9. The molecule has 4 nitrogen and oxygen atoms in total. The molecule has 1 saturated heterocycles. The van der Waals surface area contributed by atoms with E-state index < -0.39 is 0 Å². The molecular weight excluding hydrogens is 474 g/mol. The van der Waals surface area contributed by atoms with Gasteiger partial charge in [-0.25, -0.2) is 0 Å². The van der Waals surface area contributed by atoms with Gasteiger partial charge in [0.1, 0.15) is 0 Å². The summed E-state index contributed by atoms with van der Waals surface area (Å²) < 4.78 is 1.18. The van der Waals surface area contributed by atoms with Crippen molar-refractivity contribution in [2.45, 2.75) is 63.6 Å². The van der Waals surface area contributed by atoms with Crippen molar-refractivity contribution in [3.05, 3.63) is 64.1 Å². The largest absolute Gasteiger partial charge is 0.380 e. The third kappa shape index (κ3) is 5.36. The van der Waals surface area contributed by atoms with Gasteiger partial charge in [0.25, 0.3) is 0 Å². The Morgan fingerprint density at radius 3 is 2.45 bits per heavy atom. The zero-order valence-electron chi connectivity index (χ0n) is 19.5. The quantitative estimate of drug-likeness (QED) is 0.556. The number of fused-ring (bicyclic) bond motifs is 1. The van der Waals surface area contributed by atoms with Crippen molar-refractivity contribution in [3.8, 4) is 0 Å². The molecule has 2 atom stereocenters. The van der Waals surface area contributed by atoms with Crippen LogP contribution in [0.4, 0.5) is 5.69 Å². The van der Waals surface area contributed by atoms with Gasteiger partial charge in [-0.1, -0.05) is 71.6 Å². The van der Waals surface area contributed by atoms with E-state index in [9.17, 15) is 4.79 Å². The van der Waals surface area contributed by atoms with E-state index in [0.717, 1.165) is 58.4 Å². The topological polar surface area (TPSA) is 35.6 Å². The maximum absolute atomic E-state index is 13.9. The molecule has 0 amide bonds. The number of nitrogens with one attached hydrogen (secondary N) is 1. The van der Waals surface area contributed by atoms with E-state index in [1.807, 2.05) is 0 Å². The molecular formula is C28H36BrN3O. The van der Waals surface area contributed by atoms with Crippen LogP contribution in [-0.4, -0.2) is 53.8 Å². The van der Waals surface area contributed by atoms with Crippen molar-refractivity contribution in [2.24, 2.45) is 5.92 Å². The summed E-state index contributed by atoms with van der Waals surface area (Å²) in [6.45, 7) is 4.92. The second-order valence-corrected chi connectivity index (χ2v) is 10.9. The lowest BCUT2D eigenvalue weighted by atomic mass is 9.80. The number of piperazine rings is 1. The molecule has 1 N–H and O–H groups in total. The van der Waals surface area contributed by atoms with Gasteiger partial charge in [0.05, 0.1) is 6.04 Å². The second-order valence-electron chi connectivity index (χ2n) is 10.0. The van der Waals surface area contributed by atoms with Crippen molar-refractivity contribution in [1.29, 1.82) is 0 Å². The number of ketones is 1. The van der Waals surface area contributed by atoms with Crippen LogP contribution >= 0.6 is 15.9 Å². The van der Waals surface area contributed by atoms with Crippen molar-refractivity contribution >= 4 is 27.4 Å². The molecule has 1 aliphatic carbocycles. The van der Waals surface area contributed by atoms with Crippen LogP contribution in [0.25, 0.3) is 0 Å². The van der Waals surface area contributed by atoms with Crippen LogP contribution < -0.4 is 5.32 Å². The van der Waals surface area contributed by atoms with Gasteiger partial charge in [0.15, 0.2) is 5.78 Å². The molecule has 0 radical (unpaired) electrons. The fourth-order valence-corrected chi connectivity index (χ4v) is 6.44. The van der Waals surface area contributed by atoms with Crippen molar-refractivity contribution in [2.75, 3.05) is 31.5 Å². The van der Waals surface area contributed by atoms with Gasteiger partial charge in [-0.3, -0.25) is 14.6 Å². The van der Waals surface area contributed by atoms with E-state index in [4.69, 9.17) is 0 Å². The Morgan fingerprint density at radius 2 is 1.67 bits per heavy atom. The molecule has 33 heavy (non-hydrogen) atoms. The third-order valence-corrected chi connectivity index (χ3v) is 8.69. The minimum atomic E-state index is -0.00734. The summed E-state index contributed by atoms with van der Waals surface area (Å²) in [7, 11) is 0. The molecule has 2 aliphatic heterocycles. The number of aryl methyl sites for hydroxylation is 1. The Bertz CT molecular complexity index is 950. The summed E-state index contributed by atoms with van der Waals surface area (Å²) >= 11 is 3.70. The van der Waals surface area contributed by atoms with E-state index in [2.05, 4.69) is 79.6 Å². The monoisotopic (exact) mass is 509 g/mol. The van der Waals surface area contributed by atoms with Gasteiger partial charge in [-0.2, -0.15) is 0 Å². The number of Topliss-reactive ketones (excluding diaryl/α,β-unsaturated/α-hetero) is 1. The average molecular weight is 511 g/mol. The Labute approximate surface area is 206 Å². The maximum atomic E-state index is 13.9. The number of hydrogen-bond acceptors (Lipinski definition) is 4. The van der Waals surface area contributed by atoms with Crippen LogP contribution in [0.1, 0.15) is 49.7 Å². The highest BCUT2D eigenvalue weighted by Gasteiger charge is 2.39. The second kappa shape index (κ2) is 10.7. The normalized spacial score (nSPS) is 23.5. The lowest BCUT2D eigenvalue weighted by Gasteiger charge is -2.44. The van der Waals surface area contributed by atoms with Crippen LogP contribution in [0.3, 0.4) is 0 Å². The highest BCUT2D eigenvalue weighted by molar-refractivity contribution is 9.10. The van der Waals surface area contributed by atoms with Gasteiger partial charge in [-0.05, 0) is 48.9 Å². The lowest BCUT2D eigenvalue weighted by Crippen LogP contribution is -2.59. The fraction of sp³-hybridized carbons (Fsp3) is 0.536. The Kier molecular flexibility index (Phi) is 7.49. The van der Waals surface area contributed by atoms with Gasteiger partial charge in [0.2, 0.25) is 0 Å². The predicted molar refractivity (Wildman–Crippen MR) is 139 cm³/mol. The number of rotatable bonds is 6. The minimum Gasteiger partial charge on any atom is -0.380 e. The number of hydrogen-bond donors (Lipinski definition) is 1. The first-order valence-electron chi connectivity index (χ1n) is 12.8. The summed E-state index contributed by atoms with van der Waals surface area (Å²) in [5, 5.41) is 3.79. The smallest absolute Gasteiger partial charge is 0.155 e. The molecule has 0 spiro atoms. The van der Waals surface area contributed by atoms with Crippen LogP contribution in [0.5, 0.6) is 0 Å². The van der Waals surface area contributed by atoms with E-state index in [-0.39, 0.29) is 18.0 Å². The third-order valence-electron chi connectivity index (χ3n) is 7.92. The van der Waals surface area contributed by atoms with Crippen LogP contribution in [0.15, 0.2) is 53.0 Å². The zero-order valence-corrected chi connectivity index (χ0v) is 21.1. The predicted octanol–water partition coefficient (Wildman–Crippen LogP) is 5.51.